The van der Waals surface area contributed by atoms with Crippen LogP contribution in [0.15, 0.2) is 20.5 Å². The second-order valence-electron chi connectivity index (χ2n) is 6.07. The molecule has 3 heterocycles. The second-order valence-corrected chi connectivity index (χ2v) is 7.19. The molecule has 4 rings (SSSR count). The highest BCUT2D eigenvalue weighted by Crippen LogP contribution is 2.48. The summed E-state index contributed by atoms with van der Waals surface area (Å²) < 4.78 is 5.54. The van der Waals surface area contributed by atoms with Crippen molar-refractivity contribution < 1.29 is 9.53 Å². The van der Waals surface area contributed by atoms with Crippen molar-refractivity contribution in [2.45, 2.75) is 32.3 Å². The Labute approximate surface area is 128 Å². The number of fused-ring (bicyclic) bond motifs is 2. The minimum Gasteiger partial charge on any atom is -0.376 e. The highest BCUT2D eigenvalue weighted by Gasteiger charge is 2.41. The molecule has 0 aromatic heterocycles. The van der Waals surface area contributed by atoms with E-state index >= 15 is 0 Å². The normalized spacial score (nSPS) is 32.9. The van der Waals surface area contributed by atoms with Crippen molar-refractivity contribution in [2.24, 2.45) is 15.9 Å². The van der Waals surface area contributed by atoms with Gasteiger partial charge < -0.3 is 4.74 Å². The fourth-order valence-corrected chi connectivity index (χ4v) is 4.85. The lowest BCUT2D eigenvalue weighted by Gasteiger charge is -2.31. The molecule has 0 spiro atoms. The zero-order chi connectivity index (χ0) is 14.4. The Morgan fingerprint density at radius 1 is 1.38 bits per heavy atom. The summed E-state index contributed by atoms with van der Waals surface area (Å²) in [4.78, 5) is 25.0. The average Bonchev–Trinajstić information content (AvgIpc) is 2.98. The number of rotatable bonds is 2. The Hall–Kier alpha value is -0.980. The van der Waals surface area contributed by atoms with Crippen LogP contribution in [0.25, 0.3) is 0 Å². The molecule has 21 heavy (non-hydrogen) atoms. The third kappa shape index (κ3) is 2.49. The number of aliphatic imine (C=N–C) groups is 2. The lowest BCUT2D eigenvalue weighted by atomic mass is 9.98. The van der Waals surface area contributed by atoms with Gasteiger partial charge in [-0.25, -0.2) is 4.99 Å². The third-order valence-electron chi connectivity index (χ3n) is 4.45. The Kier molecular flexibility index (Phi) is 3.47. The fourth-order valence-electron chi connectivity index (χ4n) is 3.49. The van der Waals surface area contributed by atoms with Gasteiger partial charge in [0.05, 0.1) is 24.3 Å². The van der Waals surface area contributed by atoms with E-state index in [0.717, 1.165) is 37.6 Å². The van der Waals surface area contributed by atoms with Crippen molar-refractivity contribution in [3.05, 3.63) is 10.5 Å². The van der Waals surface area contributed by atoms with Crippen molar-refractivity contribution >= 4 is 28.5 Å². The van der Waals surface area contributed by atoms with Crippen molar-refractivity contribution in [1.29, 1.82) is 0 Å². The van der Waals surface area contributed by atoms with Gasteiger partial charge in [0.25, 0.3) is 5.91 Å². The molecule has 4 aliphatic rings. The average molecular weight is 305 g/mol. The summed E-state index contributed by atoms with van der Waals surface area (Å²) in [6.45, 7) is 5.23. The van der Waals surface area contributed by atoms with Crippen LogP contribution in [0.3, 0.4) is 0 Å². The molecule has 6 heteroatoms. The van der Waals surface area contributed by atoms with Gasteiger partial charge in [0.15, 0.2) is 0 Å². The summed E-state index contributed by atoms with van der Waals surface area (Å²) in [5.41, 5.74) is 1.30. The van der Waals surface area contributed by atoms with E-state index in [1.165, 1.54) is 16.9 Å². The number of carbonyl (C=O) groups is 1. The van der Waals surface area contributed by atoms with Crippen LogP contribution in [0, 0.1) is 5.92 Å². The van der Waals surface area contributed by atoms with Crippen LogP contribution >= 0.6 is 11.8 Å². The van der Waals surface area contributed by atoms with Gasteiger partial charge in [0.1, 0.15) is 11.8 Å². The number of thioether (sulfide) groups is 1. The molecule has 1 amide bonds. The lowest BCUT2D eigenvalue weighted by Crippen LogP contribution is -2.44. The van der Waals surface area contributed by atoms with E-state index in [1.807, 2.05) is 0 Å². The minimum absolute atomic E-state index is 0.00397. The molecular weight excluding hydrogens is 286 g/mol. The predicted molar refractivity (Wildman–Crippen MR) is 83.7 cm³/mol. The Morgan fingerprint density at radius 2 is 2.29 bits per heavy atom. The van der Waals surface area contributed by atoms with Crippen molar-refractivity contribution in [3.63, 3.8) is 0 Å². The summed E-state index contributed by atoms with van der Waals surface area (Å²) in [5, 5.41) is 0.969. The molecule has 1 fully saturated rings. The number of carbonyl (C=O) groups excluding carboxylic acids is 1. The number of hydrogen-bond donors (Lipinski definition) is 0. The number of hydrogen-bond acceptors (Lipinski definition) is 5. The van der Waals surface area contributed by atoms with Crippen LogP contribution in [-0.2, 0) is 9.53 Å². The molecule has 0 bridgehead atoms. The van der Waals surface area contributed by atoms with E-state index in [9.17, 15) is 4.79 Å². The Balaban J connectivity index is 1.49. The van der Waals surface area contributed by atoms with E-state index in [-0.39, 0.29) is 17.9 Å². The summed E-state index contributed by atoms with van der Waals surface area (Å²) >= 11 is 1.72. The minimum atomic E-state index is -0.139. The molecule has 0 radical (unpaired) electrons. The number of ether oxygens (including phenoxy) is 1. The topological polar surface area (TPSA) is 54.3 Å². The quantitative estimate of drug-likeness (QED) is 0.781. The van der Waals surface area contributed by atoms with Crippen LogP contribution in [0.1, 0.15) is 26.2 Å². The zero-order valence-corrected chi connectivity index (χ0v) is 13.0. The molecule has 112 valence electrons. The van der Waals surface area contributed by atoms with Gasteiger partial charge in [-0.05, 0) is 36.7 Å². The lowest BCUT2D eigenvalue weighted by molar-refractivity contribution is -0.118. The highest BCUT2D eigenvalue weighted by atomic mass is 32.2. The molecule has 2 unspecified atom stereocenters. The van der Waals surface area contributed by atoms with E-state index in [1.54, 1.807) is 11.8 Å². The SMILES string of the molecule is CC1CN(CC2=NC(=O)C3C(=N2)SC2=C3CCC2)CCO1. The van der Waals surface area contributed by atoms with E-state index in [0.29, 0.717) is 12.4 Å². The van der Waals surface area contributed by atoms with Gasteiger partial charge in [-0.3, -0.25) is 9.69 Å². The molecule has 1 aliphatic carbocycles. The Bertz CT molecular complexity index is 581. The van der Waals surface area contributed by atoms with Gasteiger partial charge in [0, 0.05) is 13.1 Å². The highest BCUT2D eigenvalue weighted by molar-refractivity contribution is 8.17. The largest absolute Gasteiger partial charge is 0.376 e. The first-order valence-corrected chi connectivity index (χ1v) is 8.46. The molecule has 5 nitrogen and oxygen atoms in total. The number of amidine groups is 1. The molecular formula is C15H19N3O2S. The fraction of sp³-hybridized carbons (Fsp3) is 0.667. The van der Waals surface area contributed by atoms with Crippen LogP contribution < -0.4 is 0 Å². The molecule has 0 aromatic rings. The first-order valence-electron chi connectivity index (χ1n) is 7.64. The molecule has 0 aromatic carbocycles. The number of morpholine rings is 1. The van der Waals surface area contributed by atoms with E-state index < -0.39 is 0 Å². The van der Waals surface area contributed by atoms with Crippen LogP contribution in [0.2, 0.25) is 0 Å². The standard InChI is InChI=1S/C15H19N3O2S/c1-9-7-18(5-6-20-9)8-12-16-14(19)13-10-3-2-4-11(10)21-15(13)17-12/h9,13H,2-8H2,1H3. The summed E-state index contributed by atoms with van der Waals surface area (Å²) in [5.74, 6) is 0.532. The van der Waals surface area contributed by atoms with Gasteiger partial charge in [-0.1, -0.05) is 11.8 Å². The van der Waals surface area contributed by atoms with E-state index in [2.05, 4.69) is 21.8 Å². The van der Waals surface area contributed by atoms with Crippen molar-refractivity contribution in [3.8, 4) is 0 Å². The van der Waals surface area contributed by atoms with E-state index in [4.69, 9.17) is 4.74 Å². The molecule has 0 N–H and O–H groups in total. The number of nitrogens with zero attached hydrogens (tertiary/aromatic N) is 3. The Morgan fingerprint density at radius 3 is 3.14 bits per heavy atom. The van der Waals surface area contributed by atoms with Crippen molar-refractivity contribution in [1.82, 2.24) is 4.90 Å². The first-order chi connectivity index (χ1) is 10.2. The molecule has 0 saturated carbocycles. The second kappa shape index (κ2) is 5.34. The van der Waals surface area contributed by atoms with Gasteiger partial charge >= 0.3 is 0 Å². The number of allylic oxidation sites excluding steroid dienone is 1. The summed E-state index contributed by atoms with van der Waals surface area (Å²) in [6.07, 6.45) is 3.57. The molecule has 3 aliphatic heterocycles. The van der Waals surface area contributed by atoms with Crippen LogP contribution in [-0.4, -0.2) is 54.0 Å². The molecule has 1 saturated heterocycles. The van der Waals surface area contributed by atoms with Crippen LogP contribution in [0.5, 0.6) is 0 Å². The maximum Gasteiger partial charge on any atom is 0.261 e. The number of amides is 1. The molecule has 2 atom stereocenters. The summed E-state index contributed by atoms with van der Waals surface area (Å²) in [6, 6.07) is 0. The van der Waals surface area contributed by atoms with Gasteiger partial charge in [-0.2, -0.15) is 4.99 Å². The third-order valence-corrected chi connectivity index (χ3v) is 5.70. The maximum atomic E-state index is 12.4. The summed E-state index contributed by atoms with van der Waals surface area (Å²) in [7, 11) is 0. The van der Waals surface area contributed by atoms with Gasteiger partial charge in [-0.15, -0.1) is 0 Å². The maximum absolute atomic E-state index is 12.4. The monoisotopic (exact) mass is 305 g/mol. The van der Waals surface area contributed by atoms with Crippen LogP contribution in [0.4, 0.5) is 0 Å². The predicted octanol–water partition coefficient (Wildman–Crippen LogP) is 1.85. The smallest absolute Gasteiger partial charge is 0.261 e. The first kappa shape index (κ1) is 13.7. The zero-order valence-electron chi connectivity index (χ0n) is 12.2. The van der Waals surface area contributed by atoms with Crippen molar-refractivity contribution in [2.75, 3.05) is 26.2 Å². The van der Waals surface area contributed by atoms with Gasteiger partial charge in [0.2, 0.25) is 0 Å².